The Morgan fingerprint density at radius 1 is 1.02 bits per heavy atom. The molecule has 3 heterocycles. The molecule has 5 rings (SSSR count). The predicted octanol–water partition coefficient (Wildman–Crippen LogP) is 3.80. The van der Waals surface area contributed by atoms with Crippen LogP contribution >= 0.6 is 11.8 Å². The number of likely N-dealkylation sites (tertiary alicyclic amines) is 1. The van der Waals surface area contributed by atoms with E-state index in [1.165, 1.54) is 77.0 Å². The second-order valence-electron chi connectivity index (χ2n) is 13.5. The van der Waals surface area contributed by atoms with Gasteiger partial charge < -0.3 is 34.9 Å². The third-order valence-electron chi connectivity index (χ3n) is 10.0. The molecule has 53 heavy (non-hydrogen) atoms. The first kappa shape index (κ1) is 39.1. The van der Waals surface area contributed by atoms with Gasteiger partial charge in [0.25, 0.3) is 11.4 Å². The number of nitro benzene ring substituents is 2. The first-order valence-corrected chi connectivity index (χ1v) is 17.9. The summed E-state index contributed by atoms with van der Waals surface area (Å²) in [7, 11) is 0. The summed E-state index contributed by atoms with van der Waals surface area (Å²) in [6.45, 7) is 6.37. The van der Waals surface area contributed by atoms with Crippen LogP contribution in [0.4, 0.5) is 16.2 Å². The fraction of sp³-hybridized carbons (Fsp3) is 0.486. The Hall–Kier alpha value is -5.07. The van der Waals surface area contributed by atoms with Gasteiger partial charge in [0.1, 0.15) is 24.5 Å². The SMILES string of the molecule is CCC(C)(OC[C@@H]1C[C@H](SC2=C(C(=O)OCc3ccc([N+](=O)[O-])cc3)N3C(=O)[C@H]([C@@H](C)O)[C@H]3[C@H]2C)CN1C(=O)OCc1ccc([N+](=O)[O-])cc1)C(N)=O. The number of aliphatic hydroxyl groups excluding tert-OH is 1. The van der Waals surface area contributed by atoms with Crippen molar-refractivity contribution in [2.24, 2.45) is 17.6 Å². The van der Waals surface area contributed by atoms with E-state index in [0.29, 0.717) is 22.5 Å². The number of nitrogens with zero attached hydrogens (tertiary/aromatic N) is 4. The van der Waals surface area contributed by atoms with Gasteiger partial charge in [-0.1, -0.05) is 13.8 Å². The molecule has 0 saturated carbocycles. The van der Waals surface area contributed by atoms with Crippen LogP contribution in [0, 0.1) is 32.1 Å². The lowest BCUT2D eigenvalue weighted by atomic mass is 9.79. The van der Waals surface area contributed by atoms with Crippen LogP contribution in [0.15, 0.2) is 59.1 Å². The minimum absolute atomic E-state index is 0.0376. The molecule has 2 aromatic rings. The van der Waals surface area contributed by atoms with Crippen LogP contribution in [-0.2, 0) is 41.8 Å². The van der Waals surface area contributed by atoms with Gasteiger partial charge >= 0.3 is 12.1 Å². The number of primary amides is 1. The number of nitro groups is 2. The van der Waals surface area contributed by atoms with Crippen LogP contribution < -0.4 is 5.73 Å². The highest BCUT2D eigenvalue weighted by Crippen LogP contribution is 2.52. The normalized spacial score (nSPS) is 23.9. The zero-order chi connectivity index (χ0) is 38.8. The molecule has 3 amide bonds. The largest absolute Gasteiger partial charge is 0.456 e. The maximum absolute atomic E-state index is 13.7. The molecule has 0 aliphatic carbocycles. The van der Waals surface area contributed by atoms with Crippen LogP contribution in [0.5, 0.6) is 0 Å². The molecule has 284 valence electrons. The van der Waals surface area contributed by atoms with Crippen LogP contribution in [0.1, 0.15) is 51.7 Å². The lowest BCUT2D eigenvalue weighted by Gasteiger charge is -2.46. The van der Waals surface area contributed by atoms with E-state index in [9.17, 15) is 44.5 Å². The maximum atomic E-state index is 13.7. The van der Waals surface area contributed by atoms with Gasteiger partial charge in [0.2, 0.25) is 11.8 Å². The summed E-state index contributed by atoms with van der Waals surface area (Å²) in [5.41, 5.74) is 5.14. The zero-order valence-electron chi connectivity index (χ0n) is 29.5. The Balaban J connectivity index is 1.37. The number of carbonyl (C=O) groups excluding carboxylic acids is 4. The fourth-order valence-corrected chi connectivity index (χ4v) is 8.25. The van der Waals surface area contributed by atoms with Crippen molar-refractivity contribution in [1.29, 1.82) is 0 Å². The summed E-state index contributed by atoms with van der Waals surface area (Å²) in [6.07, 6.45) is -1.04. The quantitative estimate of drug-likeness (QED) is 0.114. The number of esters is 1. The highest BCUT2D eigenvalue weighted by molar-refractivity contribution is 8.03. The molecule has 3 N–H and O–H groups in total. The van der Waals surface area contributed by atoms with Gasteiger partial charge in [0.05, 0.1) is 40.6 Å². The number of hydrogen-bond donors (Lipinski definition) is 2. The van der Waals surface area contributed by atoms with Gasteiger partial charge in [-0.15, -0.1) is 11.8 Å². The first-order chi connectivity index (χ1) is 25.1. The van der Waals surface area contributed by atoms with E-state index >= 15 is 0 Å². The number of ether oxygens (including phenoxy) is 3. The number of non-ortho nitro benzene ring substituents is 2. The average molecular weight is 756 g/mol. The second-order valence-corrected chi connectivity index (χ2v) is 14.8. The molecule has 18 heteroatoms. The molecule has 2 aromatic carbocycles. The van der Waals surface area contributed by atoms with Crippen molar-refractivity contribution in [3.63, 3.8) is 0 Å². The monoisotopic (exact) mass is 755 g/mol. The van der Waals surface area contributed by atoms with Crippen LogP contribution in [0.25, 0.3) is 0 Å². The Morgan fingerprint density at radius 2 is 1.57 bits per heavy atom. The minimum Gasteiger partial charge on any atom is -0.456 e. The third-order valence-corrected chi connectivity index (χ3v) is 11.5. The van der Waals surface area contributed by atoms with E-state index in [1.807, 2.05) is 6.92 Å². The molecule has 0 radical (unpaired) electrons. The van der Waals surface area contributed by atoms with Crippen molar-refractivity contribution in [2.45, 2.75) is 82.8 Å². The van der Waals surface area contributed by atoms with Gasteiger partial charge in [-0.05, 0) is 62.1 Å². The molecule has 0 aromatic heterocycles. The number of nitrogens with two attached hydrogens (primary N) is 1. The minimum atomic E-state index is -1.30. The number of amides is 3. The molecule has 2 saturated heterocycles. The second kappa shape index (κ2) is 15.9. The summed E-state index contributed by atoms with van der Waals surface area (Å²) in [4.78, 5) is 77.1. The van der Waals surface area contributed by atoms with Gasteiger partial charge in [-0.3, -0.25) is 29.8 Å². The number of hydrogen-bond acceptors (Lipinski definition) is 13. The zero-order valence-corrected chi connectivity index (χ0v) is 30.4. The Kier molecular flexibility index (Phi) is 11.7. The molecule has 3 aliphatic heterocycles. The van der Waals surface area contributed by atoms with Crippen LogP contribution in [0.2, 0.25) is 0 Å². The number of thioether (sulfide) groups is 1. The smallest absolute Gasteiger partial charge is 0.410 e. The number of carbonyl (C=O) groups is 4. The molecule has 7 atom stereocenters. The van der Waals surface area contributed by atoms with E-state index in [0.717, 1.165) is 0 Å². The van der Waals surface area contributed by atoms with Crippen LogP contribution in [0.3, 0.4) is 0 Å². The topological polar surface area (TPSA) is 235 Å². The Labute approximate surface area is 308 Å². The van der Waals surface area contributed by atoms with Gasteiger partial charge in [0, 0.05) is 46.9 Å². The van der Waals surface area contributed by atoms with Gasteiger partial charge in [0.15, 0.2) is 0 Å². The van der Waals surface area contributed by atoms with Crippen molar-refractivity contribution in [3.05, 3.63) is 90.5 Å². The number of β-lactam (4-membered cyclic amide) rings is 1. The molecule has 2 fully saturated rings. The summed E-state index contributed by atoms with van der Waals surface area (Å²) in [5.74, 6) is -2.99. The highest BCUT2D eigenvalue weighted by Gasteiger charge is 2.60. The summed E-state index contributed by atoms with van der Waals surface area (Å²) >= 11 is 1.31. The Morgan fingerprint density at radius 3 is 2.06 bits per heavy atom. The molecule has 0 bridgehead atoms. The summed E-state index contributed by atoms with van der Waals surface area (Å²) < 4.78 is 17.2. The standard InChI is InChI=1S/C35H41N5O12S/c1-5-35(4,33(36)44)52-18-25-14-26(15-37(25)34(45)51-17-22-8-12-24(13-9-22)40(48)49)53-30-19(2)28-27(20(3)41)31(42)38(28)29(30)32(43)50-16-21-6-10-23(11-7-21)39(46)47/h6-13,19-20,25-28,41H,5,14-18H2,1-4H3,(H2,36,44)/t19-,20-,25+,26+,27-,28-,35?/m1/s1. The van der Waals surface area contributed by atoms with Gasteiger partial charge in [-0.25, -0.2) is 9.59 Å². The number of fused-ring (bicyclic) bond motifs is 1. The highest BCUT2D eigenvalue weighted by atomic mass is 32.2. The molecule has 0 spiro atoms. The number of rotatable bonds is 15. The van der Waals surface area contributed by atoms with E-state index in [1.54, 1.807) is 13.8 Å². The average Bonchev–Trinajstić information content (AvgIpc) is 3.64. The predicted molar refractivity (Wildman–Crippen MR) is 189 cm³/mol. The molecule has 3 aliphatic rings. The summed E-state index contributed by atoms with van der Waals surface area (Å²) in [6, 6.07) is 10.00. The van der Waals surface area contributed by atoms with E-state index < -0.39 is 63.4 Å². The molecule has 17 nitrogen and oxygen atoms in total. The van der Waals surface area contributed by atoms with Crippen molar-refractivity contribution in [1.82, 2.24) is 9.80 Å². The summed E-state index contributed by atoms with van der Waals surface area (Å²) in [5, 5.41) is 32.2. The van der Waals surface area contributed by atoms with Crippen LogP contribution in [-0.4, -0.2) is 90.8 Å². The van der Waals surface area contributed by atoms with Crippen molar-refractivity contribution in [2.75, 3.05) is 13.2 Å². The van der Waals surface area contributed by atoms with Crippen molar-refractivity contribution in [3.8, 4) is 0 Å². The third kappa shape index (κ3) is 8.13. The van der Waals surface area contributed by atoms with E-state index in [2.05, 4.69) is 0 Å². The molecular formula is C35H41N5O12S. The molecule has 1 unspecified atom stereocenters. The number of aliphatic hydroxyl groups is 1. The van der Waals surface area contributed by atoms with Crippen molar-refractivity contribution >= 4 is 47.0 Å². The van der Waals surface area contributed by atoms with E-state index in [-0.39, 0.29) is 61.0 Å². The lowest BCUT2D eigenvalue weighted by molar-refractivity contribution is -0.385. The van der Waals surface area contributed by atoms with Crippen molar-refractivity contribution < 1.29 is 48.3 Å². The lowest BCUT2D eigenvalue weighted by Crippen LogP contribution is -2.63. The Bertz CT molecular complexity index is 1800. The maximum Gasteiger partial charge on any atom is 0.410 e. The van der Waals surface area contributed by atoms with E-state index in [4.69, 9.17) is 19.9 Å². The molecular weight excluding hydrogens is 714 g/mol. The number of benzene rings is 2. The fourth-order valence-electron chi connectivity index (χ4n) is 6.69. The van der Waals surface area contributed by atoms with Gasteiger partial charge in [-0.2, -0.15) is 0 Å². The first-order valence-electron chi connectivity index (χ1n) is 17.0.